The van der Waals surface area contributed by atoms with E-state index in [9.17, 15) is 18.0 Å². The number of imide groups is 1. The van der Waals surface area contributed by atoms with Crippen molar-refractivity contribution in [3.63, 3.8) is 0 Å². The molecule has 0 bridgehead atoms. The molecule has 8 heteroatoms. The number of benzene rings is 2. The Balaban J connectivity index is 1.47. The van der Waals surface area contributed by atoms with E-state index < -0.39 is 21.6 Å². The zero-order chi connectivity index (χ0) is 20.6. The number of hydrogen-bond donors (Lipinski definition) is 3. The summed E-state index contributed by atoms with van der Waals surface area (Å²) in [7, 11) is -3.73. The first-order chi connectivity index (χ1) is 13.8. The van der Waals surface area contributed by atoms with Crippen LogP contribution in [0.2, 0.25) is 0 Å². The van der Waals surface area contributed by atoms with Crippen molar-refractivity contribution in [1.29, 1.82) is 0 Å². The van der Waals surface area contributed by atoms with Crippen LogP contribution in [0.5, 0.6) is 0 Å². The molecule has 1 saturated heterocycles. The summed E-state index contributed by atoms with van der Waals surface area (Å²) in [5.74, 6) is -0.651. The van der Waals surface area contributed by atoms with Crippen LogP contribution in [-0.4, -0.2) is 32.4 Å². The number of aryl methyl sites for hydroxylation is 1. The molecule has 2 unspecified atom stereocenters. The fourth-order valence-electron chi connectivity index (χ4n) is 4.19. The molecule has 1 aliphatic carbocycles. The van der Waals surface area contributed by atoms with Crippen molar-refractivity contribution >= 4 is 22.0 Å². The number of carbonyl (C=O) groups is 2. The van der Waals surface area contributed by atoms with Crippen LogP contribution in [0.1, 0.15) is 24.8 Å². The van der Waals surface area contributed by atoms with E-state index in [2.05, 4.69) is 15.4 Å². The molecule has 0 aromatic heterocycles. The topological polar surface area (TPSA) is 104 Å². The maximum Gasteiger partial charge on any atom is 0.322 e. The molecule has 2 fully saturated rings. The summed E-state index contributed by atoms with van der Waals surface area (Å²) in [5, 5.41) is 4.97. The second-order valence-corrected chi connectivity index (χ2v) is 9.48. The Hall–Kier alpha value is -2.71. The Morgan fingerprint density at radius 1 is 1.03 bits per heavy atom. The smallest absolute Gasteiger partial charge is 0.322 e. The average molecular weight is 413 g/mol. The SMILES string of the molecule is Cc1ccc(-c2ccc(S(=O)(=O)NCC3CCCC34NC(=O)NC4=O)cc2)cc1. The lowest BCUT2D eigenvalue weighted by Crippen LogP contribution is -2.53. The van der Waals surface area contributed by atoms with Crippen LogP contribution in [0, 0.1) is 12.8 Å². The van der Waals surface area contributed by atoms with E-state index in [1.165, 1.54) is 0 Å². The first-order valence-electron chi connectivity index (χ1n) is 9.60. The van der Waals surface area contributed by atoms with E-state index in [0.29, 0.717) is 12.8 Å². The van der Waals surface area contributed by atoms with Crippen molar-refractivity contribution < 1.29 is 18.0 Å². The first kappa shape index (κ1) is 19.6. The highest BCUT2D eigenvalue weighted by atomic mass is 32.2. The van der Waals surface area contributed by atoms with E-state index >= 15 is 0 Å². The third-order valence-electron chi connectivity index (χ3n) is 5.86. The molecule has 2 aromatic rings. The molecule has 1 aliphatic heterocycles. The number of amides is 3. The molecule has 2 aliphatic rings. The molecule has 1 saturated carbocycles. The van der Waals surface area contributed by atoms with Gasteiger partial charge in [-0.3, -0.25) is 10.1 Å². The largest absolute Gasteiger partial charge is 0.323 e. The van der Waals surface area contributed by atoms with Gasteiger partial charge in [0, 0.05) is 12.5 Å². The molecular weight excluding hydrogens is 390 g/mol. The number of nitrogens with one attached hydrogen (secondary N) is 3. The quantitative estimate of drug-likeness (QED) is 0.654. The normalized spacial score (nSPS) is 24.0. The minimum Gasteiger partial charge on any atom is -0.323 e. The van der Waals surface area contributed by atoms with Gasteiger partial charge >= 0.3 is 6.03 Å². The fourth-order valence-corrected chi connectivity index (χ4v) is 5.27. The number of carbonyl (C=O) groups excluding carboxylic acids is 2. The summed E-state index contributed by atoms with van der Waals surface area (Å²) in [6, 6.07) is 14.2. The van der Waals surface area contributed by atoms with Crippen LogP contribution in [-0.2, 0) is 14.8 Å². The first-order valence-corrected chi connectivity index (χ1v) is 11.1. The summed E-state index contributed by atoms with van der Waals surface area (Å²) in [6.45, 7) is 2.11. The highest BCUT2D eigenvalue weighted by Crippen LogP contribution is 2.37. The third-order valence-corrected chi connectivity index (χ3v) is 7.30. The van der Waals surface area contributed by atoms with Crippen molar-refractivity contribution in [1.82, 2.24) is 15.4 Å². The van der Waals surface area contributed by atoms with Gasteiger partial charge in [-0.05, 0) is 43.0 Å². The summed E-state index contributed by atoms with van der Waals surface area (Å²) >= 11 is 0. The molecule has 4 rings (SSSR count). The van der Waals surface area contributed by atoms with E-state index in [-0.39, 0.29) is 23.3 Å². The summed E-state index contributed by atoms with van der Waals surface area (Å²) in [6.07, 6.45) is 1.94. The standard InChI is InChI=1S/C21H23N3O4S/c1-14-4-6-15(7-5-14)16-8-10-18(11-9-16)29(27,28)22-13-17-3-2-12-21(17)19(25)23-20(26)24-21/h4-11,17,22H,2-3,12-13H2,1H3,(H2,23,24,25,26). The Labute approximate surface area is 169 Å². The van der Waals surface area contributed by atoms with Crippen LogP contribution >= 0.6 is 0 Å². The number of rotatable bonds is 5. The van der Waals surface area contributed by atoms with Gasteiger partial charge in [0.15, 0.2) is 0 Å². The monoisotopic (exact) mass is 413 g/mol. The lowest BCUT2D eigenvalue weighted by Gasteiger charge is -2.28. The van der Waals surface area contributed by atoms with Gasteiger partial charge in [0.25, 0.3) is 5.91 Å². The molecule has 2 aromatic carbocycles. The molecule has 1 spiro atoms. The van der Waals surface area contributed by atoms with E-state index in [1.807, 2.05) is 31.2 Å². The molecule has 1 heterocycles. The molecule has 2 atom stereocenters. The fraction of sp³-hybridized carbons (Fsp3) is 0.333. The lowest BCUT2D eigenvalue weighted by molar-refractivity contribution is -0.125. The summed E-state index contributed by atoms with van der Waals surface area (Å²) < 4.78 is 28.1. The number of hydrogen-bond acceptors (Lipinski definition) is 4. The Kier molecular flexibility index (Phi) is 4.92. The van der Waals surface area contributed by atoms with Gasteiger partial charge in [-0.15, -0.1) is 0 Å². The van der Waals surface area contributed by atoms with E-state index in [4.69, 9.17) is 0 Å². The molecule has 7 nitrogen and oxygen atoms in total. The number of urea groups is 1. The predicted octanol–water partition coefficient (Wildman–Crippen LogP) is 2.32. The van der Waals surface area contributed by atoms with Crippen molar-refractivity contribution in [3.05, 3.63) is 54.1 Å². The second kappa shape index (κ2) is 7.27. The van der Waals surface area contributed by atoms with Crippen molar-refractivity contribution in [2.24, 2.45) is 5.92 Å². The van der Waals surface area contributed by atoms with Gasteiger partial charge in [0.1, 0.15) is 5.54 Å². The van der Waals surface area contributed by atoms with Crippen LogP contribution < -0.4 is 15.4 Å². The molecule has 152 valence electrons. The zero-order valence-corrected chi connectivity index (χ0v) is 16.9. The highest BCUT2D eigenvalue weighted by Gasteiger charge is 2.54. The summed E-state index contributed by atoms with van der Waals surface area (Å²) in [4.78, 5) is 24.0. The average Bonchev–Trinajstić information content (AvgIpc) is 3.23. The van der Waals surface area contributed by atoms with E-state index in [1.54, 1.807) is 24.3 Å². The minimum absolute atomic E-state index is 0.0930. The molecule has 29 heavy (non-hydrogen) atoms. The summed E-state index contributed by atoms with van der Waals surface area (Å²) in [5.41, 5.74) is 2.11. The minimum atomic E-state index is -3.73. The van der Waals surface area contributed by atoms with Gasteiger partial charge < -0.3 is 5.32 Å². The lowest BCUT2D eigenvalue weighted by atomic mass is 9.87. The maximum absolute atomic E-state index is 12.7. The van der Waals surface area contributed by atoms with Crippen LogP contribution in [0.4, 0.5) is 4.79 Å². The Bertz CT molecular complexity index is 1050. The van der Waals surface area contributed by atoms with Crippen molar-refractivity contribution in [3.8, 4) is 11.1 Å². The second-order valence-electron chi connectivity index (χ2n) is 7.71. The van der Waals surface area contributed by atoms with E-state index in [0.717, 1.165) is 23.1 Å². The van der Waals surface area contributed by atoms with Crippen molar-refractivity contribution in [2.75, 3.05) is 6.54 Å². The highest BCUT2D eigenvalue weighted by molar-refractivity contribution is 7.89. The molecule has 3 N–H and O–H groups in total. The molecule has 3 amide bonds. The van der Waals surface area contributed by atoms with Crippen molar-refractivity contribution in [2.45, 2.75) is 36.6 Å². The molecular formula is C21H23N3O4S. The van der Waals surface area contributed by atoms with Crippen LogP contribution in [0.3, 0.4) is 0 Å². The van der Waals surface area contributed by atoms with Gasteiger partial charge in [-0.2, -0.15) is 0 Å². The zero-order valence-electron chi connectivity index (χ0n) is 16.1. The Morgan fingerprint density at radius 2 is 1.66 bits per heavy atom. The van der Waals surface area contributed by atoms with Crippen LogP contribution in [0.15, 0.2) is 53.4 Å². The third kappa shape index (κ3) is 3.65. The van der Waals surface area contributed by atoms with Crippen LogP contribution in [0.25, 0.3) is 11.1 Å². The van der Waals surface area contributed by atoms with Gasteiger partial charge in [0.05, 0.1) is 4.90 Å². The predicted molar refractivity (Wildman–Crippen MR) is 109 cm³/mol. The van der Waals surface area contributed by atoms with Gasteiger partial charge in [-0.1, -0.05) is 48.4 Å². The van der Waals surface area contributed by atoms with Gasteiger partial charge in [-0.25, -0.2) is 17.9 Å². The number of sulfonamides is 1. The molecule has 0 radical (unpaired) electrons. The Morgan fingerprint density at radius 3 is 2.24 bits per heavy atom. The van der Waals surface area contributed by atoms with Gasteiger partial charge in [0.2, 0.25) is 10.0 Å². The maximum atomic E-state index is 12.7.